The molecule has 1 aliphatic rings. The maximum absolute atomic E-state index is 12.4. The molecule has 0 aromatic carbocycles. The predicted molar refractivity (Wildman–Crippen MR) is 92.7 cm³/mol. The summed E-state index contributed by atoms with van der Waals surface area (Å²) in [6.45, 7) is 2.76. The number of hydrogen-bond donors (Lipinski definition) is 6. The zero-order valence-electron chi connectivity index (χ0n) is 14.8. The van der Waals surface area contributed by atoms with Gasteiger partial charge in [-0.1, -0.05) is 0 Å². The second-order valence-electron chi connectivity index (χ2n) is 6.15. The Balaban J connectivity index is 2.08. The first-order chi connectivity index (χ1) is 12.9. The summed E-state index contributed by atoms with van der Waals surface area (Å²) in [6, 6.07) is 0. The Morgan fingerprint density at radius 2 is 2.19 bits per heavy atom. The monoisotopic (exact) mass is 382 g/mol. The van der Waals surface area contributed by atoms with Crippen LogP contribution in [0, 0.1) is 5.41 Å². The molecule has 4 atom stereocenters. The minimum absolute atomic E-state index is 0.0524. The molecule has 13 nitrogen and oxygen atoms in total. The van der Waals surface area contributed by atoms with Gasteiger partial charge >= 0.3 is 5.97 Å². The minimum atomic E-state index is -1.48. The van der Waals surface area contributed by atoms with E-state index in [9.17, 15) is 15.0 Å². The van der Waals surface area contributed by atoms with Crippen molar-refractivity contribution in [3.8, 4) is 0 Å². The Bertz CT molecular complexity index is 844. The van der Waals surface area contributed by atoms with E-state index in [1.54, 1.807) is 6.92 Å². The molecule has 2 aromatic heterocycles. The Morgan fingerprint density at radius 1 is 1.44 bits per heavy atom. The summed E-state index contributed by atoms with van der Waals surface area (Å²) in [5.74, 6) is 10.4. The van der Waals surface area contributed by atoms with E-state index in [2.05, 4.69) is 25.8 Å². The molecular formula is C14H22N8O5. The lowest BCUT2D eigenvalue weighted by Crippen LogP contribution is -2.47. The summed E-state index contributed by atoms with van der Waals surface area (Å²) in [6.07, 6.45) is -2.04. The number of nitrogens with zero attached hydrogens (tertiary/aromatic N) is 4. The summed E-state index contributed by atoms with van der Waals surface area (Å²) in [5.41, 5.74) is 3.77. The smallest absolute Gasteiger partial charge is 0.317 e. The molecule has 3 heterocycles. The van der Waals surface area contributed by atoms with Gasteiger partial charge in [0.05, 0.1) is 19.5 Å². The number of carbonyl (C=O) groups excluding carboxylic acids is 1. The van der Waals surface area contributed by atoms with Crippen molar-refractivity contribution < 1.29 is 24.5 Å². The van der Waals surface area contributed by atoms with Crippen LogP contribution < -0.4 is 22.5 Å². The Labute approximate surface area is 153 Å². The van der Waals surface area contributed by atoms with E-state index in [0.717, 1.165) is 0 Å². The third-order valence-corrected chi connectivity index (χ3v) is 4.70. The quantitative estimate of drug-likeness (QED) is 0.187. The molecule has 1 fully saturated rings. The molecule has 0 bridgehead atoms. The summed E-state index contributed by atoms with van der Waals surface area (Å²) in [5, 5.41) is 20.6. The lowest BCUT2D eigenvalue weighted by atomic mass is 9.80. The Morgan fingerprint density at radius 3 is 2.78 bits per heavy atom. The molecule has 2 aromatic rings. The van der Waals surface area contributed by atoms with Gasteiger partial charge in [-0.3, -0.25) is 14.8 Å². The maximum Gasteiger partial charge on any atom is 0.317 e. The van der Waals surface area contributed by atoms with Gasteiger partial charge in [-0.25, -0.2) is 16.7 Å². The van der Waals surface area contributed by atoms with Crippen molar-refractivity contribution in [1.29, 1.82) is 0 Å². The zero-order chi connectivity index (χ0) is 19.8. The summed E-state index contributed by atoms with van der Waals surface area (Å²) in [7, 11) is 0. The number of carbonyl (C=O) groups is 1. The van der Waals surface area contributed by atoms with Gasteiger partial charge in [-0.15, -0.1) is 0 Å². The highest BCUT2D eigenvalue weighted by atomic mass is 16.6. The van der Waals surface area contributed by atoms with Gasteiger partial charge in [0.2, 0.25) is 5.95 Å². The molecule has 1 aliphatic heterocycles. The van der Waals surface area contributed by atoms with Crippen molar-refractivity contribution in [3.63, 3.8) is 0 Å². The largest absolute Gasteiger partial charge is 0.465 e. The number of hydrazine groups is 2. The number of aliphatic hydroxyl groups excluding tert-OH is 2. The first kappa shape index (κ1) is 19.2. The van der Waals surface area contributed by atoms with E-state index < -0.39 is 36.4 Å². The van der Waals surface area contributed by atoms with Crippen LogP contribution >= 0.6 is 0 Å². The third-order valence-electron chi connectivity index (χ3n) is 4.70. The highest BCUT2D eigenvalue weighted by Gasteiger charge is 2.59. The Hall–Kier alpha value is -2.58. The Kier molecular flexibility index (Phi) is 5.12. The number of rotatable bonds is 6. The first-order valence-corrected chi connectivity index (χ1v) is 8.21. The minimum Gasteiger partial charge on any atom is -0.465 e. The van der Waals surface area contributed by atoms with Gasteiger partial charge < -0.3 is 25.1 Å². The lowest BCUT2D eigenvalue weighted by molar-refractivity contribution is -0.163. The van der Waals surface area contributed by atoms with Crippen LogP contribution in [-0.4, -0.2) is 61.1 Å². The van der Waals surface area contributed by atoms with E-state index >= 15 is 0 Å². The van der Waals surface area contributed by atoms with E-state index in [1.807, 2.05) is 0 Å². The fourth-order valence-electron chi connectivity index (χ4n) is 3.13. The van der Waals surface area contributed by atoms with E-state index in [-0.39, 0.29) is 24.0 Å². The van der Waals surface area contributed by atoms with E-state index in [0.29, 0.717) is 5.52 Å². The molecule has 8 N–H and O–H groups in total. The normalized spacial score (nSPS) is 27.7. The average Bonchev–Trinajstić information content (AvgIpc) is 3.21. The summed E-state index contributed by atoms with van der Waals surface area (Å²) >= 11 is 0. The topological polar surface area (TPSA) is 196 Å². The molecule has 0 aliphatic carbocycles. The number of fused-ring (bicyclic) bond motifs is 1. The number of hydrogen-bond acceptors (Lipinski definition) is 12. The molecule has 27 heavy (non-hydrogen) atoms. The van der Waals surface area contributed by atoms with Crippen LogP contribution in [0.5, 0.6) is 0 Å². The number of anilines is 2. The lowest BCUT2D eigenvalue weighted by Gasteiger charge is -2.28. The number of imidazole rings is 1. The van der Waals surface area contributed by atoms with E-state index in [1.165, 1.54) is 17.8 Å². The molecule has 3 rings (SSSR count). The second-order valence-corrected chi connectivity index (χ2v) is 6.15. The number of aromatic nitrogens is 4. The number of nitrogen functional groups attached to an aromatic ring is 2. The number of esters is 1. The highest BCUT2D eigenvalue weighted by Crippen LogP contribution is 2.45. The molecule has 0 radical (unpaired) electrons. The first-order valence-electron chi connectivity index (χ1n) is 8.21. The van der Waals surface area contributed by atoms with Crippen LogP contribution in [-0.2, 0) is 14.3 Å². The standard InChI is InChI=1S/C14H22N8O5/c1-3-26-12(25)14(2)6(4-23)27-11(8(14)24)22-5-17-7-9(20-15)18-13(21-16)19-10(7)22/h5-6,8,11,23-24H,3-4,15-16H2,1-2H3,(H2,18,19,20,21)/t6-,8+,11-,14-/m1/s1. The number of nitrogens with one attached hydrogen (secondary N) is 2. The summed E-state index contributed by atoms with van der Waals surface area (Å²) in [4.78, 5) is 24.9. The molecule has 0 spiro atoms. The maximum atomic E-state index is 12.4. The van der Waals surface area contributed by atoms with Crippen molar-refractivity contribution in [2.45, 2.75) is 32.3 Å². The van der Waals surface area contributed by atoms with Gasteiger partial charge in [0.25, 0.3) is 0 Å². The fourth-order valence-corrected chi connectivity index (χ4v) is 3.13. The van der Waals surface area contributed by atoms with Crippen LogP contribution in [0.3, 0.4) is 0 Å². The van der Waals surface area contributed by atoms with Crippen molar-refractivity contribution in [2.75, 3.05) is 24.1 Å². The average molecular weight is 382 g/mol. The molecule has 0 unspecified atom stereocenters. The number of nitrogens with two attached hydrogens (primary N) is 2. The van der Waals surface area contributed by atoms with Gasteiger partial charge in [0.15, 0.2) is 23.2 Å². The molecule has 148 valence electrons. The number of aliphatic hydroxyl groups is 2. The second kappa shape index (κ2) is 7.21. The predicted octanol–water partition coefficient (Wildman–Crippen LogP) is -1.78. The van der Waals surface area contributed by atoms with Gasteiger partial charge in [0, 0.05) is 0 Å². The van der Waals surface area contributed by atoms with Crippen molar-refractivity contribution in [2.24, 2.45) is 17.1 Å². The van der Waals surface area contributed by atoms with Gasteiger partial charge in [-0.2, -0.15) is 9.97 Å². The molecule has 1 saturated heterocycles. The van der Waals surface area contributed by atoms with Gasteiger partial charge in [-0.05, 0) is 13.8 Å². The van der Waals surface area contributed by atoms with Crippen LogP contribution in [0.1, 0.15) is 20.1 Å². The third kappa shape index (κ3) is 2.85. The van der Waals surface area contributed by atoms with Crippen molar-refractivity contribution >= 4 is 28.9 Å². The molecule has 13 heteroatoms. The highest BCUT2D eigenvalue weighted by molar-refractivity contribution is 5.84. The van der Waals surface area contributed by atoms with Crippen LogP contribution in [0.4, 0.5) is 11.8 Å². The summed E-state index contributed by atoms with van der Waals surface area (Å²) < 4.78 is 12.2. The zero-order valence-corrected chi connectivity index (χ0v) is 14.8. The molecule has 0 saturated carbocycles. The number of ether oxygens (including phenoxy) is 2. The fraction of sp³-hybridized carbons (Fsp3) is 0.571. The van der Waals surface area contributed by atoms with Gasteiger partial charge in [0.1, 0.15) is 17.6 Å². The molecule has 0 amide bonds. The van der Waals surface area contributed by atoms with Crippen LogP contribution in [0.15, 0.2) is 6.33 Å². The van der Waals surface area contributed by atoms with Crippen LogP contribution in [0.2, 0.25) is 0 Å². The SMILES string of the molecule is CCOC(=O)[C@]1(C)[C@@H](CO)O[C@@H](n2cnc3c(NN)nc(NN)nc32)[C@@H]1O. The van der Waals surface area contributed by atoms with Crippen molar-refractivity contribution in [1.82, 2.24) is 19.5 Å². The van der Waals surface area contributed by atoms with Crippen molar-refractivity contribution in [3.05, 3.63) is 6.33 Å². The van der Waals surface area contributed by atoms with Crippen LogP contribution in [0.25, 0.3) is 11.2 Å². The molecular weight excluding hydrogens is 360 g/mol. The van der Waals surface area contributed by atoms with E-state index in [4.69, 9.17) is 21.2 Å².